The number of nitrogens with zero attached hydrogens (tertiary/aromatic N) is 2. The van der Waals surface area contributed by atoms with E-state index in [4.69, 9.17) is 0 Å². The van der Waals surface area contributed by atoms with Gasteiger partial charge in [-0.05, 0) is 55.6 Å². The highest BCUT2D eigenvalue weighted by molar-refractivity contribution is 7.08. The number of aromatic hydroxyl groups is 1. The third-order valence-corrected chi connectivity index (χ3v) is 3.48. The van der Waals surface area contributed by atoms with E-state index < -0.39 is 0 Å². The van der Waals surface area contributed by atoms with Crippen molar-refractivity contribution in [2.24, 2.45) is 0 Å². The molecule has 0 atom stereocenters. The third-order valence-electron chi connectivity index (χ3n) is 2.65. The quantitative estimate of drug-likeness (QED) is 0.816. The van der Waals surface area contributed by atoms with Crippen LogP contribution in [0.3, 0.4) is 0 Å². The second-order valence-corrected chi connectivity index (χ2v) is 4.85. The predicted molar refractivity (Wildman–Crippen MR) is 70.2 cm³/mol. The molecule has 0 aliphatic rings. The Morgan fingerprint density at radius 2 is 2.00 bits per heavy atom. The molecule has 0 bridgehead atoms. The second kappa shape index (κ2) is 4.73. The lowest BCUT2D eigenvalue weighted by Crippen LogP contribution is -2.12. The Morgan fingerprint density at radius 1 is 1.28 bits per heavy atom. The molecular formula is C12H13N3O2S. The number of nitrogens with one attached hydrogen (secondary N) is 1. The molecule has 2 rings (SSSR count). The zero-order chi connectivity index (χ0) is 13.3. The van der Waals surface area contributed by atoms with E-state index in [9.17, 15) is 9.90 Å². The van der Waals surface area contributed by atoms with Gasteiger partial charge in [0.05, 0.1) is 5.69 Å². The summed E-state index contributed by atoms with van der Waals surface area (Å²) in [6, 6.07) is 3.37. The van der Waals surface area contributed by atoms with Crippen LogP contribution in [0.25, 0.3) is 0 Å². The van der Waals surface area contributed by atoms with Crippen LogP contribution in [-0.2, 0) is 0 Å². The molecule has 2 aromatic rings. The fraction of sp³-hybridized carbons (Fsp3) is 0.250. The van der Waals surface area contributed by atoms with Gasteiger partial charge in [0, 0.05) is 5.69 Å². The summed E-state index contributed by atoms with van der Waals surface area (Å²) in [4.78, 5) is 12.5. The lowest BCUT2D eigenvalue weighted by Gasteiger charge is -2.09. The summed E-state index contributed by atoms with van der Waals surface area (Å²) in [5, 5.41) is 16.2. The molecule has 1 amide bonds. The van der Waals surface area contributed by atoms with Gasteiger partial charge in [0.15, 0.2) is 0 Å². The van der Waals surface area contributed by atoms with E-state index in [0.29, 0.717) is 16.3 Å². The van der Waals surface area contributed by atoms with Crippen molar-refractivity contribution in [2.75, 3.05) is 5.32 Å². The van der Waals surface area contributed by atoms with E-state index in [-0.39, 0.29) is 11.7 Å². The molecule has 0 saturated carbocycles. The summed E-state index contributed by atoms with van der Waals surface area (Å²) in [6.45, 7) is 5.35. The number of aromatic nitrogens is 2. The highest BCUT2D eigenvalue weighted by atomic mass is 32.1. The van der Waals surface area contributed by atoms with Crippen LogP contribution in [0, 0.1) is 20.8 Å². The monoisotopic (exact) mass is 263 g/mol. The second-order valence-electron chi connectivity index (χ2n) is 4.10. The van der Waals surface area contributed by atoms with Crippen molar-refractivity contribution < 1.29 is 9.90 Å². The Balaban J connectivity index is 2.28. The van der Waals surface area contributed by atoms with Gasteiger partial charge in [-0.25, -0.2) is 0 Å². The van der Waals surface area contributed by atoms with Crippen molar-refractivity contribution in [1.29, 1.82) is 0 Å². The number of rotatable bonds is 2. The SMILES string of the molecule is Cc1cc(NC(=O)c2snnc2C)c(C)cc1O. The number of phenols is 1. The average molecular weight is 263 g/mol. The summed E-state index contributed by atoms with van der Waals surface area (Å²) < 4.78 is 3.73. The topological polar surface area (TPSA) is 75.1 Å². The molecule has 0 fully saturated rings. The fourth-order valence-electron chi connectivity index (χ4n) is 1.55. The molecule has 94 valence electrons. The molecule has 6 heteroatoms. The van der Waals surface area contributed by atoms with Gasteiger partial charge in [0.1, 0.15) is 10.6 Å². The summed E-state index contributed by atoms with van der Waals surface area (Å²) in [5.41, 5.74) is 2.82. The van der Waals surface area contributed by atoms with Crippen LogP contribution in [0.1, 0.15) is 26.5 Å². The van der Waals surface area contributed by atoms with E-state index in [2.05, 4.69) is 14.9 Å². The first-order valence-electron chi connectivity index (χ1n) is 5.39. The van der Waals surface area contributed by atoms with Crippen LogP contribution in [0.4, 0.5) is 5.69 Å². The van der Waals surface area contributed by atoms with Crippen LogP contribution >= 0.6 is 11.5 Å². The van der Waals surface area contributed by atoms with E-state index in [0.717, 1.165) is 22.7 Å². The highest BCUT2D eigenvalue weighted by Crippen LogP contribution is 2.25. The van der Waals surface area contributed by atoms with Crippen LogP contribution in [0.2, 0.25) is 0 Å². The van der Waals surface area contributed by atoms with Gasteiger partial charge >= 0.3 is 0 Å². The summed E-state index contributed by atoms with van der Waals surface area (Å²) in [6.07, 6.45) is 0. The molecule has 1 aromatic heterocycles. The van der Waals surface area contributed by atoms with Gasteiger partial charge in [-0.3, -0.25) is 4.79 Å². The van der Waals surface area contributed by atoms with E-state index in [1.165, 1.54) is 0 Å². The van der Waals surface area contributed by atoms with Crippen molar-refractivity contribution >= 4 is 23.1 Å². The first-order chi connectivity index (χ1) is 8.49. The van der Waals surface area contributed by atoms with E-state index in [1.807, 2.05) is 6.92 Å². The molecule has 0 unspecified atom stereocenters. The zero-order valence-electron chi connectivity index (χ0n) is 10.3. The van der Waals surface area contributed by atoms with Crippen LogP contribution in [-0.4, -0.2) is 20.6 Å². The van der Waals surface area contributed by atoms with Gasteiger partial charge in [0.2, 0.25) is 0 Å². The highest BCUT2D eigenvalue weighted by Gasteiger charge is 2.14. The van der Waals surface area contributed by atoms with Crippen molar-refractivity contribution in [3.8, 4) is 5.75 Å². The maximum absolute atomic E-state index is 12.0. The molecule has 0 aliphatic carbocycles. The maximum atomic E-state index is 12.0. The van der Waals surface area contributed by atoms with Crippen molar-refractivity contribution in [3.63, 3.8) is 0 Å². The smallest absolute Gasteiger partial charge is 0.269 e. The molecule has 0 radical (unpaired) electrons. The molecule has 2 N–H and O–H groups in total. The Morgan fingerprint density at radius 3 is 2.61 bits per heavy atom. The summed E-state index contributed by atoms with van der Waals surface area (Å²) in [7, 11) is 0. The van der Waals surface area contributed by atoms with Crippen molar-refractivity contribution in [3.05, 3.63) is 33.8 Å². The first-order valence-corrected chi connectivity index (χ1v) is 6.17. The zero-order valence-corrected chi connectivity index (χ0v) is 11.1. The van der Waals surface area contributed by atoms with Gasteiger partial charge in [-0.1, -0.05) is 4.49 Å². The molecule has 0 spiro atoms. The molecule has 5 nitrogen and oxygen atoms in total. The number of hydrogen-bond acceptors (Lipinski definition) is 5. The van der Waals surface area contributed by atoms with Crippen molar-refractivity contribution in [1.82, 2.24) is 9.59 Å². The Hall–Kier alpha value is -1.95. The van der Waals surface area contributed by atoms with Crippen LogP contribution in [0.5, 0.6) is 5.75 Å². The largest absolute Gasteiger partial charge is 0.508 e. The number of benzene rings is 1. The Bertz CT molecular complexity index is 607. The van der Waals surface area contributed by atoms with Gasteiger partial charge in [0.25, 0.3) is 5.91 Å². The Labute approximate surface area is 109 Å². The summed E-state index contributed by atoms with van der Waals surface area (Å²) >= 11 is 1.07. The number of aryl methyl sites for hydroxylation is 3. The average Bonchev–Trinajstić information content (AvgIpc) is 2.72. The number of hydrogen-bond donors (Lipinski definition) is 2. The molecule has 0 aliphatic heterocycles. The minimum atomic E-state index is -0.226. The van der Waals surface area contributed by atoms with E-state index >= 15 is 0 Å². The number of carbonyl (C=O) groups is 1. The number of phenolic OH excluding ortho intramolecular Hbond substituents is 1. The molecule has 0 saturated heterocycles. The molecule has 1 aromatic carbocycles. The first kappa shape index (κ1) is 12.5. The van der Waals surface area contributed by atoms with Gasteiger partial charge < -0.3 is 10.4 Å². The lowest BCUT2D eigenvalue weighted by atomic mass is 10.1. The van der Waals surface area contributed by atoms with Crippen molar-refractivity contribution in [2.45, 2.75) is 20.8 Å². The third kappa shape index (κ3) is 2.33. The maximum Gasteiger partial charge on any atom is 0.269 e. The van der Waals surface area contributed by atoms with Crippen LogP contribution in [0.15, 0.2) is 12.1 Å². The minimum Gasteiger partial charge on any atom is -0.508 e. The molecule has 1 heterocycles. The van der Waals surface area contributed by atoms with Gasteiger partial charge in [-0.2, -0.15) is 0 Å². The minimum absolute atomic E-state index is 0.223. The lowest BCUT2D eigenvalue weighted by molar-refractivity contribution is 0.102. The van der Waals surface area contributed by atoms with Gasteiger partial charge in [-0.15, -0.1) is 5.10 Å². The molecule has 18 heavy (non-hydrogen) atoms. The summed E-state index contributed by atoms with van der Waals surface area (Å²) in [5.74, 6) is -0.00294. The fourth-order valence-corrected chi connectivity index (χ4v) is 2.11. The normalized spacial score (nSPS) is 10.4. The van der Waals surface area contributed by atoms with Crippen LogP contribution < -0.4 is 5.32 Å². The standard InChI is InChI=1S/C12H13N3O2S/c1-6-5-10(16)7(2)4-9(6)13-12(17)11-8(3)14-15-18-11/h4-5,16H,1-3H3,(H,13,17). The predicted octanol–water partition coefficient (Wildman–Crippen LogP) is 2.42. The number of amides is 1. The molecular weight excluding hydrogens is 250 g/mol. The number of carbonyl (C=O) groups excluding carboxylic acids is 1. The van der Waals surface area contributed by atoms with E-state index in [1.54, 1.807) is 26.0 Å². The number of anilines is 1. The Kier molecular flexibility index (Phi) is 3.29.